The number of rotatable bonds is 3. The van der Waals surface area contributed by atoms with E-state index in [9.17, 15) is 23.5 Å². The average molecular weight is 396 g/mol. The molecule has 1 aromatic heterocycles. The molecule has 0 aromatic carbocycles. The number of carbonyl (C=O) groups is 2. The summed E-state index contributed by atoms with van der Waals surface area (Å²) in [5.74, 6) is -0.495. The molecule has 1 aromatic rings. The van der Waals surface area contributed by atoms with Crippen molar-refractivity contribution >= 4 is 11.8 Å². The lowest BCUT2D eigenvalue weighted by atomic mass is 9.82. The number of carbonyl (C=O) groups excluding carboxylic acids is 2. The molecular weight excluding hydrogens is 370 g/mol. The Morgan fingerprint density at radius 3 is 2.54 bits per heavy atom. The highest BCUT2D eigenvalue weighted by Crippen LogP contribution is 2.41. The molecule has 2 N–H and O–H groups in total. The molecule has 3 aliphatic rings. The first-order valence-electron chi connectivity index (χ1n) is 10.1. The second kappa shape index (κ2) is 7.42. The van der Waals surface area contributed by atoms with Crippen molar-refractivity contribution < 1.29 is 23.5 Å². The van der Waals surface area contributed by atoms with Gasteiger partial charge < -0.3 is 14.9 Å². The maximum atomic E-state index is 13.5. The van der Waals surface area contributed by atoms with E-state index < -0.39 is 23.6 Å². The van der Waals surface area contributed by atoms with Crippen LogP contribution in [0.4, 0.5) is 8.78 Å². The van der Waals surface area contributed by atoms with Gasteiger partial charge in [-0.15, -0.1) is 0 Å². The Kier molecular flexibility index (Phi) is 5.11. The molecular formula is C19H26F2N4O3. The van der Waals surface area contributed by atoms with Crippen LogP contribution in [0.1, 0.15) is 74.0 Å². The Balaban J connectivity index is 1.56. The quantitative estimate of drug-likeness (QED) is 0.820. The van der Waals surface area contributed by atoms with Crippen molar-refractivity contribution in [2.45, 2.75) is 75.5 Å². The van der Waals surface area contributed by atoms with Crippen LogP contribution in [0.15, 0.2) is 6.07 Å². The van der Waals surface area contributed by atoms with Gasteiger partial charge in [0, 0.05) is 19.1 Å². The number of aliphatic hydroxyl groups excluding tert-OH is 1. The second-order valence-corrected chi connectivity index (χ2v) is 8.17. The van der Waals surface area contributed by atoms with E-state index in [1.54, 1.807) is 4.90 Å². The van der Waals surface area contributed by atoms with Gasteiger partial charge in [-0.05, 0) is 57.4 Å². The molecule has 1 spiro atoms. The van der Waals surface area contributed by atoms with Crippen molar-refractivity contribution in [3.05, 3.63) is 17.5 Å². The summed E-state index contributed by atoms with van der Waals surface area (Å²) in [6, 6.07) is 1.17. The van der Waals surface area contributed by atoms with E-state index in [4.69, 9.17) is 0 Å². The summed E-state index contributed by atoms with van der Waals surface area (Å²) in [5, 5.41) is 15.7. The van der Waals surface area contributed by atoms with Crippen LogP contribution in [0.25, 0.3) is 0 Å². The van der Waals surface area contributed by atoms with Crippen LogP contribution in [-0.2, 0) is 4.79 Å². The molecule has 1 unspecified atom stereocenters. The number of aromatic nitrogens is 2. The average Bonchev–Trinajstić information content (AvgIpc) is 3.33. The highest BCUT2D eigenvalue weighted by atomic mass is 19.3. The summed E-state index contributed by atoms with van der Waals surface area (Å²) < 4.78 is 25.7. The Hall–Kier alpha value is -2.03. The van der Waals surface area contributed by atoms with Gasteiger partial charge in [-0.25, -0.2) is 8.78 Å². The Morgan fingerprint density at radius 1 is 1.21 bits per heavy atom. The molecule has 4 rings (SSSR count). The van der Waals surface area contributed by atoms with Gasteiger partial charge in [0.25, 0.3) is 12.3 Å². The summed E-state index contributed by atoms with van der Waals surface area (Å²) in [4.78, 5) is 30.0. The predicted molar refractivity (Wildman–Crippen MR) is 95.8 cm³/mol. The van der Waals surface area contributed by atoms with Gasteiger partial charge in [-0.1, -0.05) is 0 Å². The molecule has 28 heavy (non-hydrogen) atoms. The number of halogens is 2. The first-order valence-corrected chi connectivity index (χ1v) is 10.1. The number of H-pyrrole nitrogens is 1. The van der Waals surface area contributed by atoms with Gasteiger partial charge in [0.1, 0.15) is 11.2 Å². The molecule has 3 fully saturated rings. The molecule has 1 aliphatic carbocycles. The van der Waals surface area contributed by atoms with Crippen LogP contribution >= 0.6 is 0 Å². The van der Waals surface area contributed by atoms with Crippen LogP contribution in [0.2, 0.25) is 0 Å². The Labute approximate surface area is 162 Å². The summed E-state index contributed by atoms with van der Waals surface area (Å²) in [7, 11) is 0. The van der Waals surface area contributed by atoms with Gasteiger partial charge in [-0.2, -0.15) is 5.10 Å². The number of aliphatic hydroxyl groups is 1. The van der Waals surface area contributed by atoms with E-state index in [0.29, 0.717) is 45.2 Å². The normalized spacial score (nSPS) is 31.2. The monoisotopic (exact) mass is 396 g/mol. The number of nitrogens with zero attached hydrogens (tertiary/aromatic N) is 3. The molecule has 1 atom stereocenters. The fourth-order valence-electron chi connectivity index (χ4n) is 5.09. The van der Waals surface area contributed by atoms with E-state index in [0.717, 1.165) is 25.3 Å². The largest absolute Gasteiger partial charge is 0.393 e. The number of hydrogen-bond acceptors (Lipinski definition) is 4. The lowest BCUT2D eigenvalue weighted by molar-refractivity contribution is -0.149. The predicted octanol–water partition coefficient (Wildman–Crippen LogP) is 2.25. The minimum atomic E-state index is -2.73. The number of hydrogen-bond donors (Lipinski definition) is 2. The van der Waals surface area contributed by atoms with Gasteiger partial charge in [0.2, 0.25) is 5.91 Å². The zero-order valence-corrected chi connectivity index (χ0v) is 15.7. The number of alkyl halides is 2. The molecule has 7 nitrogen and oxygen atoms in total. The van der Waals surface area contributed by atoms with Crippen molar-refractivity contribution in [3.8, 4) is 0 Å². The third-order valence-electron chi connectivity index (χ3n) is 6.54. The topological polar surface area (TPSA) is 89.5 Å². The molecule has 0 bridgehead atoms. The number of likely N-dealkylation sites (tertiary alicyclic amines) is 2. The molecule has 2 saturated heterocycles. The molecule has 1 saturated carbocycles. The summed E-state index contributed by atoms with van der Waals surface area (Å²) in [6.07, 6.45) is 2.60. The first kappa shape index (κ1) is 19.3. The van der Waals surface area contributed by atoms with Gasteiger partial charge in [0.05, 0.1) is 6.10 Å². The maximum absolute atomic E-state index is 13.5. The van der Waals surface area contributed by atoms with Crippen molar-refractivity contribution in [2.24, 2.45) is 0 Å². The van der Waals surface area contributed by atoms with Crippen molar-refractivity contribution in [1.29, 1.82) is 0 Å². The third-order valence-corrected chi connectivity index (χ3v) is 6.54. The first-order chi connectivity index (χ1) is 13.4. The smallest absolute Gasteiger partial charge is 0.279 e. The molecule has 9 heteroatoms. The SMILES string of the molecule is O=C(c1cc(C(F)F)[nH]n1)N1CCCC12CCCN(C1CCC(O)CC1)C2=O. The minimum Gasteiger partial charge on any atom is -0.393 e. The zero-order valence-electron chi connectivity index (χ0n) is 15.7. The highest BCUT2D eigenvalue weighted by molar-refractivity contribution is 5.99. The number of aromatic amines is 1. The van der Waals surface area contributed by atoms with Crippen LogP contribution in [0, 0.1) is 0 Å². The fraction of sp³-hybridized carbons (Fsp3) is 0.737. The van der Waals surface area contributed by atoms with E-state index in [1.165, 1.54) is 0 Å². The molecule has 154 valence electrons. The van der Waals surface area contributed by atoms with Crippen molar-refractivity contribution in [2.75, 3.05) is 13.1 Å². The van der Waals surface area contributed by atoms with Crippen LogP contribution in [0.5, 0.6) is 0 Å². The number of nitrogens with one attached hydrogen (secondary N) is 1. The highest BCUT2D eigenvalue weighted by Gasteiger charge is 2.54. The standard InChI is InChI=1S/C19H26F2N4O3/c20-16(21)14-11-15(23-22-14)17(27)25-10-2-8-19(25)7-1-9-24(18(19)28)12-3-5-13(26)6-4-12/h11-13,16,26H,1-10H2,(H,22,23). The third kappa shape index (κ3) is 3.19. The fourth-order valence-corrected chi connectivity index (χ4v) is 5.09. The molecule has 2 aliphatic heterocycles. The lowest BCUT2D eigenvalue weighted by Crippen LogP contribution is -2.63. The minimum absolute atomic E-state index is 0.0318. The lowest BCUT2D eigenvalue weighted by Gasteiger charge is -2.48. The van der Waals surface area contributed by atoms with Gasteiger partial charge in [-0.3, -0.25) is 14.7 Å². The van der Waals surface area contributed by atoms with Crippen LogP contribution in [-0.4, -0.2) is 67.7 Å². The van der Waals surface area contributed by atoms with E-state index in [-0.39, 0.29) is 23.7 Å². The Bertz CT molecular complexity index is 747. The van der Waals surface area contributed by atoms with Crippen LogP contribution < -0.4 is 0 Å². The maximum Gasteiger partial charge on any atom is 0.279 e. The van der Waals surface area contributed by atoms with Gasteiger partial charge >= 0.3 is 0 Å². The zero-order chi connectivity index (χ0) is 19.9. The second-order valence-electron chi connectivity index (χ2n) is 8.17. The molecule has 0 radical (unpaired) electrons. The van der Waals surface area contributed by atoms with Crippen molar-refractivity contribution in [1.82, 2.24) is 20.0 Å². The van der Waals surface area contributed by atoms with Crippen LogP contribution in [0.3, 0.4) is 0 Å². The summed E-state index contributed by atoms with van der Waals surface area (Å²) >= 11 is 0. The van der Waals surface area contributed by atoms with E-state index in [1.807, 2.05) is 4.90 Å². The summed E-state index contributed by atoms with van der Waals surface area (Å²) in [6.45, 7) is 1.10. The number of piperidine rings is 1. The Morgan fingerprint density at radius 2 is 1.89 bits per heavy atom. The van der Waals surface area contributed by atoms with E-state index >= 15 is 0 Å². The van der Waals surface area contributed by atoms with Gasteiger partial charge in [0.15, 0.2) is 5.69 Å². The summed E-state index contributed by atoms with van der Waals surface area (Å²) in [5.41, 5.74) is -1.36. The molecule has 3 heterocycles. The van der Waals surface area contributed by atoms with E-state index in [2.05, 4.69) is 10.2 Å². The van der Waals surface area contributed by atoms with Crippen molar-refractivity contribution in [3.63, 3.8) is 0 Å². The number of amides is 2. The molecule has 2 amide bonds.